The number of aryl methyl sites for hydroxylation is 1. The fourth-order valence-corrected chi connectivity index (χ4v) is 6.49. The normalized spacial score (nSPS) is 16.9. The second kappa shape index (κ2) is 13.8. The number of aromatic nitrogens is 9. The van der Waals surface area contributed by atoms with Gasteiger partial charge in [0.25, 0.3) is 5.69 Å². The molecule has 2 aliphatic heterocycles. The van der Waals surface area contributed by atoms with E-state index in [-0.39, 0.29) is 11.8 Å². The van der Waals surface area contributed by atoms with E-state index < -0.39 is 10.7 Å². The molecule has 0 spiro atoms. The van der Waals surface area contributed by atoms with Crippen molar-refractivity contribution in [2.45, 2.75) is 19.2 Å². The Hall–Kier alpha value is -5.94. The fraction of sp³-hybridized carbons (Fsp3) is 0.324. The highest BCUT2D eigenvalue weighted by atomic mass is 19.1. The molecule has 0 saturated carbocycles. The van der Waals surface area contributed by atoms with Crippen molar-refractivity contribution in [3.8, 4) is 22.4 Å². The van der Waals surface area contributed by atoms with Crippen LogP contribution >= 0.6 is 0 Å². The van der Waals surface area contributed by atoms with Gasteiger partial charge in [-0.1, -0.05) is 29.5 Å². The zero-order valence-electron chi connectivity index (χ0n) is 27.8. The third-order valence-corrected chi connectivity index (χ3v) is 9.21. The average Bonchev–Trinajstić information content (AvgIpc) is 3.78. The molecule has 2 aromatic carbocycles. The van der Waals surface area contributed by atoms with E-state index in [4.69, 9.17) is 14.7 Å². The number of morpholine rings is 1. The number of anilines is 2. The number of non-ortho nitro benzene ring substituents is 1. The van der Waals surface area contributed by atoms with Crippen LogP contribution in [-0.2, 0) is 24.9 Å². The molecule has 0 N–H and O–H groups in total. The molecule has 0 amide bonds. The van der Waals surface area contributed by atoms with E-state index in [1.165, 1.54) is 17.7 Å². The van der Waals surface area contributed by atoms with Gasteiger partial charge in [0.05, 0.1) is 54.0 Å². The Bertz CT molecular complexity index is 2170. The summed E-state index contributed by atoms with van der Waals surface area (Å²) in [5.41, 5.74) is 5.89. The molecule has 6 heterocycles. The Morgan fingerprint density at radius 1 is 0.922 bits per heavy atom. The number of benzene rings is 2. The van der Waals surface area contributed by atoms with Gasteiger partial charge >= 0.3 is 0 Å². The van der Waals surface area contributed by atoms with Crippen molar-refractivity contribution in [3.05, 3.63) is 94.9 Å². The number of rotatable bonds is 9. The molecule has 0 unspecified atom stereocenters. The van der Waals surface area contributed by atoms with E-state index in [2.05, 4.69) is 59.4 Å². The number of nitrogens with zero attached hydrogens (tertiary/aromatic N) is 13. The van der Waals surface area contributed by atoms with Gasteiger partial charge in [-0.3, -0.25) is 19.7 Å². The van der Waals surface area contributed by atoms with Crippen LogP contribution in [-0.4, -0.2) is 107 Å². The van der Waals surface area contributed by atoms with Crippen molar-refractivity contribution in [1.29, 1.82) is 0 Å². The average molecular weight is 692 g/mol. The van der Waals surface area contributed by atoms with E-state index in [1.807, 2.05) is 30.5 Å². The van der Waals surface area contributed by atoms with Crippen LogP contribution in [0, 0.1) is 15.9 Å². The highest BCUT2D eigenvalue weighted by molar-refractivity contribution is 5.69. The van der Waals surface area contributed by atoms with Gasteiger partial charge in [-0.15, -0.1) is 5.10 Å². The van der Waals surface area contributed by atoms with E-state index in [1.54, 1.807) is 21.8 Å². The summed E-state index contributed by atoms with van der Waals surface area (Å²) in [7, 11) is 1.85. The van der Waals surface area contributed by atoms with Gasteiger partial charge < -0.3 is 14.5 Å². The summed E-state index contributed by atoms with van der Waals surface area (Å²) < 4.78 is 24.0. The summed E-state index contributed by atoms with van der Waals surface area (Å²) >= 11 is 0. The second-order valence-corrected chi connectivity index (χ2v) is 12.6. The van der Waals surface area contributed by atoms with Crippen LogP contribution in [0.15, 0.2) is 73.4 Å². The zero-order valence-corrected chi connectivity index (χ0v) is 27.8. The first-order valence-electron chi connectivity index (χ1n) is 16.6. The Labute approximate surface area is 291 Å². The number of halogens is 1. The fourth-order valence-electron chi connectivity index (χ4n) is 6.49. The Balaban J connectivity index is 0.847. The topological polar surface area (TPSA) is 162 Å². The summed E-state index contributed by atoms with van der Waals surface area (Å²) in [4.78, 5) is 35.3. The zero-order chi connectivity index (χ0) is 34.9. The van der Waals surface area contributed by atoms with Gasteiger partial charge in [0.2, 0.25) is 11.6 Å². The number of nitro groups is 1. The number of hydrogen-bond donors (Lipinski definition) is 0. The largest absolute Gasteiger partial charge is 0.373 e. The predicted molar refractivity (Wildman–Crippen MR) is 185 cm³/mol. The third kappa shape index (κ3) is 6.93. The van der Waals surface area contributed by atoms with Crippen LogP contribution < -0.4 is 9.80 Å². The van der Waals surface area contributed by atoms with Crippen molar-refractivity contribution >= 4 is 28.6 Å². The van der Waals surface area contributed by atoms with Crippen LogP contribution in [0.2, 0.25) is 0 Å². The van der Waals surface area contributed by atoms with Gasteiger partial charge in [-0.2, -0.15) is 5.10 Å². The first-order chi connectivity index (χ1) is 24.9. The summed E-state index contributed by atoms with van der Waals surface area (Å²) in [5.74, 6) is 0.0736. The molecule has 0 radical (unpaired) electrons. The third-order valence-electron chi connectivity index (χ3n) is 9.21. The monoisotopic (exact) mass is 691 g/mol. The smallest absolute Gasteiger partial charge is 0.272 e. The van der Waals surface area contributed by atoms with Crippen molar-refractivity contribution in [3.63, 3.8) is 0 Å². The van der Waals surface area contributed by atoms with Gasteiger partial charge in [0.1, 0.15) is 0 Å². The lowest BCUT2D eigenvalue weighted by Gasteiger charge is -2.36. The van der Waals surface area contributed by atoms with Crippen LogP contribution in [0.5, 0.6) is 0 Å². The lowest BCUT2D eigenvalue weighted by molar-refractivity contribution is -0.385. The number of hydrogen-bond acceptors (Lipinski definition) is 13. The molecular formula is C34H34FN13O3. The molecule has 2 fully saturated rings. The lowest BCUT2D eigenvalue weighted by atomic mass is 10.1. The molecule has 260 valence electrons. The highest BCUT2D eigenvalue weighted by Crippen LogP contribution is 2.26. The van der Waals surface area contributed by atoms with Crippen molar-refractivity contribution in [1.82, 2.24) is 49.6 Å². The maximum Gasteiger partial charge on any atom is 0.272 e. The molecule has 51 heavy (non-hydrogen) atoms. The molecule has 2 aliphatic rings. The predicted octanol–water partition coefficient (Wildman–Crippen LogP) is 3.35. The molecule has 6 aromatic rings. The minimum absolute atomic E-state index is 0.161. The minimum Gasteiger partial charge on any atom is -0.373 e. The first kappa shape index (κ1) is 32.3. The molecule has 0 bridgehead atoms. The van der Waals surface area contributed by atoms with Crippen LogP contribution in [0.4, 0.5) is 21.7 Å². The summed E-state index contributed by atoms with van der Waals surface area (Å²) in [6, 6.07) is 12.2. The van der Waals surface area contributed by atoms with Gasteiger partial charge in [0, 0.05) is 88.6 Å². The van der Waals surface area contributed by atoms with E-state index in [9.17, 15) is 14.5 Å². The summed E-state index contributed by atoms with van der Waals surface area (Å²) in [6.45, 7) is 5.83. The first-order valence-corrected chi connectivity index (χ1v) is 16.6. The maximum absolute atomic E-state index is 14.5. The Morgan fingerprint density at radius 3 is 2.45 bits per heavy atom. The van der Waals surface area contributed by atoms with Gasteiger partial charge in [0.15, 0.2) is 11.5 Å². The Kier molecular flexibility index (Phi) is 8.71. The molecule has 17 heteroatoms. The van der Waals surface area contributed by atoms with E-state index in [0.717, 1.165) is 42.4 Å². The van der Waals surface area contributed by atoms with E-state index >= 15 is 0 Å². The van der Waals surface area contributed by atoms with Crippen molar-refractivity contribution < 1.29 is 14.1 Å². The van der Waals surface area contributed by atoms with Crippen LogP contribution in [0.3, 0.4) is 0 Å². The maximum atomic E-state index is 14.5. The standard InChI is InChI=1S/C34H34FN13O3/c1-43-20-26(17-39-43)30-18-36-33-32(40-30)41-42-47(33)22-28-21-46(12-13-51-28)34-37-15-25(16-38-34)24-4-2-23(3-5-24)19-44-8-10-45(11-9-44)31-7-6-27(48(49)50)14-29(31)35/h2-7,14-18,20,28H,8-13,19,21-22H2,1H3/t28-/m0/s1. The number of piperazine rings is 1. The lowest BCUT2D eigenvalue weighted by Crippen LogP contribution is -2.46. The molecular weight excluding hydrogens is 657 g/mol. The SMILES string of the molecule is Cn1cc(-c2cnc3c(nnn3C[C@@H]3CN(c4ncc(-c5ccc(CN6CCN(c7ccc([N+](=O)[O-])cc7F)CC6)cc5)cn4)CCO3)n2)cn1. The molecule has 4 aromatic heterocycles. The summed E-state index contributed by atoms with van der Waals surface area (Å²) in [5, 5.41) is 23.7. The molecule has 0 aliphatic carbocycles. The quantitative estimate of drug-likeness (QED) is 0.160. The van der Waals surface area contributed by atoms with Gasteiger partial charge in [-0.25, -0.2) is 29.0 Å². The number of fused-ring (bicyclic) bond motifs is 1. The van der Waals surface area contributed by atoms with Crippen molar-refractivity contribution in [2.75, 3.05) is 55.7 Å². The number of ether oxygens (including phenoxy) is 1. The van der Waals surface area contributed by atoms with Crippen LogP contribution in [0.1, 0.15) is 5.56 Å². The van der Waals surface area contributed by atoms with E-state index in [0.29, 0.717) is 68.0 Å². The number of nitro benzene ring substituents is 1. The minimum atomic E-state index is -0.584. The highest BCUT2D eigenvalue weighted by Gasteiger charge is 2.25. The van der Waals surface area contributed by atoms with Crippen LogP contribution in [0.25, 0.3) is 33.7 Å². The second-order valence-electron chi connectivity index (χ2n) is 12.6. The molecule has 8 rings (SSSR count). The molecule has 16 nitrogen and oxygen atoms in total. The van der Waals surface area contributed by atoms with Gasteiger partial charge in [-0.05, 0) is 17.2 Å². The Morgan fingerprint density at radius 2 is 1.73 bits per heavy atom. The van der Waals surface area contributed by atoms with Crippen molar-refractivity contribution in [2.24, 2.45) is 7.05 Å². The molecule has 1 atom stereocenters. The molecule has 2 saturated heterocycles. The summed E-state index contributed by atoms with van der Waals surface area (Å²) in [6.07, 6.45) is 8.85.